The van der Waals surface area contributed by atoms with Gasteiger partial charge >= 0.3 is 0 Å². The second-order valence-corrected chi connectivity index (χ2v) is 11.5. The molecule has 44 heavy (non-hydrogen) atoms. The van der Waals surface area contributed by atoms with Gasteiger partial charge in [-0.3, -0.25) is 14.6 Å². The van der Waals surface area contributed by atoms with E-state index in [4.69, 9.17) is 15.5 Å². The van der Waals surface area contributed by atoms with Gasteiger partial charge < -0.3 is 15.4 Å². The van der Waals surface area contributed by atoms with Crippen molar-refractivity contribution in [3.05, 3.63) is 59.8 Å². The number of hydrogen-bond acceptors (Lipinski definition) is 9. The van der Waals surface area contributed by atoms with Crippen LogP contribution in [0.1, 0.15) is 67.4 Å². The van der Waals surface area contributed by atoms with E-state index in [0.717, 1.165) is 18.4 Å². The summed E-state index contributed by atoms with van der Waals surface area (Å²) >= 11 is 0. The Morgan fingerprint density at radius 2 is 1.84 bits per heavy atom. The zero-order chi connectivity index (χ0) is 30.5. The molecule has 3 aliphatic heterocycles. The highest BCUT2D eigenvalue weighted by atomic mass is 19.1. The molecule has 224 valence electrons. The van der Waals surface area contributed by atoms with Gasteiger partial charge in [0, 0.05) is 53.5 Å². The fourth-order valence-electron chi connectivity index (χ4n) is 6.89. The van der Waals surface area contributed by atoms with Crippen LogP contribution in [-0.2, 0) is 4.79 Å². The number of methoxy groups -OCH3 is 1. The third-order valence-corrected chi connectivity index (χ3v) is 8.96. The topological polar surface area (TPSA) is 140 Å². The number of nitrogens with zero attached hydrogens (tertiary/aromatic N) is 7. The first-order valence-electron chi connectivity index (χ1n) is 14.7. The lowest BCUT2D eigenvalue weighted by molar-refractivity contribution is -0.128. The van der Waals surface area contributed by atoms with Crippen LogP contribution in [0.4, 0.5) is 10.2 Å². The number of ketones is 1. The van der Waals surface area contributed by atoms with Gasteiger partial charge in [-0.25, -0.2) is 9.37 Å². The van der Waals surface area contributed by atoms with E-state index in [2.05, 4.69) is 20.3 Å². The van der Waals surface area contributed by atoms with Crippen LogP contribution >= 0.6 is 0 Å². The summed E-state index contributed by atoms with van der Waals surface area (Å²) in [4.78, 5) is 37.9. The molecule has 0 spiro atoms. The van der Waals surface area contributed by atoms with Crippen molar-refractivity contribution in [1.82, 2.24) is 24.5 Å². The molecule has 0 saturated carbocycles. The van der Waals surface area contributed by atoms with E-state index in [1.807, 2.05) is 11.0 Å². The number of fused-ring (bicyclic) bond motifs is 3. The number of hydrogen-bond donors (Lipinski definition) is 1. The number of halogens is 1. The van der Waals surface area contributed by atoms with Crippen molar-refractivity contribution in [3.63, 3.8) is 0 Å². The monoisotopic (exact) mass is 594 g/mol. The zero-order valence-corrected chi connectivity index (χ0v) is 24.4. The molecule has 6 heterocycles. The van der Waals surface area contributed by atoms with Gasteiger partial charge in [0.15, 0.2) is 23.0 Å². The van der Waals surface area contributed by atoms with Crippen molar-refractivity contribution in [2.24, 2.45) is 10.2 Å². The molecule has 3 aliphatic rings. The van der Waals surface area contributed by atoms with Crippen molar-refractivity contribution in [2.45, 2.75) is 63.5 Å². The van der Waals surface area contributed by atoms with Crippen LogP contribution in [0.5, 0.6) is 5.75 Å². The second kappa shape index (κ2) is 10.9. The fourth-order valence-corrected chi connectivity index (χ4v) is 6.89. The summed E-state index contributed by atoms with van der Waals surface area (Å²) < 4.78 is 20.8. The van der Waals surface area contributed by atoms with Crippen molar-refractivity contribution < 1.29 is 18.7 Å². The van der Waals surface area contributed by atoms with E-state index in [1.165, 1.54) is 24.6 Å². The largest absolute Gasteiger partial charge is 0.494 e. The molecule has 1 aromatic carbocycles. The second-order valence-electron chi connectivity index (χ2n) is 11.5. The summed E-state index contributed by atoms with van der Waals surface area (Å²) in [5.41, 5.74) is 11.3. The van der Waals surface area contributed by atoms with Gasteiger partial charge in [0.1, 0.15) is 11.5 Å². The van der Waals surface area contributed by atoms with E-state index < -0.39 is 5.82 Å². The summed E-state index contributed by atoms with van der Waals surface area (Å²) in [5.74, 6) is -0.326. The number of Topliss-reactive ketones (excluding diaryl/α,β-unsaturated/α-hetero) is 1. The Kier molecular flexibility index (Phi) is 6.91. The lowest BCUT2D eigenvalue weighted by Crippen LogP contribution is -2.49. The van der Waals surface area contributed by atoms with Crippen LogP contribution in [0.15, 0.2) is 52.9 Å². The zero-order valence-electron chi connectivity index (χ0n) is 24.4. The number of rotatable bonds is 6. The summed E-state index contributed by atoms with van der Waals surface area (Å²) in [6.07, 6.45) is 9.54. The summed E-state index contributed by atoms with van der Waals surface area (Å²) in [6.45, 7) is 1.49. The Morgan fingerprint density at radius 3 is 2.48 bits per heavy atom. The molecule has 0 radical (unpaired) electrons. The number of ether oxygens (including phenoxy) is 1. The molecule has 2 atom stereocenters. The molecule has 3 aromatic heterocycles. The summed E-state index contributed by atoms with van der Waals surface area (Å²) in [6, 6.07) is 8.44. The minimum absolute atomic E-state index is 0.0304. The fraction of sp³-hybridized carbons (Fsp3) is 0.344. The maximum Gasteiger partial charge on any atom is 0.270 e. The normalized spacial score (nSPS) is 21.0. The third-order valence-electron chi connectivity index (χ3n) is 8.96. The van der Waals surface area contributed by atoms with Gasteiger partial charge in [0.25, 0.3) is 5.91 Å². The smallest absolute Gasteiger partial charge is 0.270 e. The average Bonchev–Trinajstić information content (AvgIpc) is 3.58. The molecule has 7 rings (SSSR count). The number of nitrogen functional groups attached to an aromatic ring is 1. The van der Waals surface area contributed by atoms with E-state index in [9.17, 15) is 14.0 Å². The van der Waals surface area contributed by atoms with Crippen LogP contribution in [0.3, 0.4) is 0 Å². The van der Waals surface area contributed by atoms with Gasteiger partial charge in [-0.05, 0) is 63.3 Å². The van der Waals surface area contributed by atoms with Crippen molar-refractivity contribution in [2.75, 3.05) is 12.8 Å². The highest BCUT2D eigenvalue weighted by molar-refractivity contribution is 6.39. The van der Waals surface area contributed by atoms with Crippen molar-refractivity contribution in [1.29, 1.82) is 0 Å². The minimum Gasteiger partial charge on any atom is -0.494 e. The Morgan fingerprint density at radius 1 is 1.07 bits per heavy atom. The van der Waals surface area contributed by atoms with E-state index in [-0.39, 0.29) is 41.3 Å². The summed E-state index contributed by atoms with van der Waals surface area (Å²) in [5, 5.41) is 12.5. The predicted molar refractivity (Wildman–Crippen MR) is 163 cm³/mol. The van der Waals surface area contributed by atoms with Gasteiger partial charge in [0.05, 0.1) is 30.3 Å². The number of amides is 1. The summed E-state index contributed by atoms with van der Waals surface area (Å²) in [7, 11) is 1.42. The minimum atomic E-state index is -0.465. The Bertz CT molecular complexity index is 1850. The molecule has 2 N–H and O–H groups in total. The first-order chi connectivity index (χ1) is 21.3. The standard InChI is InChI=1S/C32H31FN8O3/c1-17(42)28-29(20-12-21-7-8-22(13-20)40(21)32(43)26-4-3-11-36-39-26)38-31-23(16-37-41(31)30(28)34)19-5-9-25(35-15-19)18-6-10-27(44-2)24(33)14-18/h5-6,9-11,14-16,20-22H,3-4,7-8,12-13,34H2,1-2H3. The molecule has 4 aromatic rings. The molecule has 1 amide bonds. The quantitative estimate of drug-likeness (QED) is 0.315. The molecule has 0 aliphatic carbocycles. The number of aromatic nitrogens is 4. The molecule has 2 fully saturated rings. The van der Waals surface area contributed by atoms with Crippen molar-refractivity contribution >= 4 is 35.1 Å². The molecule has 12 heteroatoms. The van der Waals surface area contributed by atoms with Crippen LogP contribution in [0.2, 0.25) is 0 Å². The van der Waals surface area contributed by atoms with E-state index >= 15 is 0 Å². The lowest BCUT2D eigenvalue weighted by Gasteiger charge is -2.39. The van der Waals surface area contributed by atoms with Gasteiger partial charge in [-0.1, -0.05) is 6.07 Å². The molecule has 11 nitrogen and oxygen atoms in total. The van der Waals surface area contributed by atoms with Crippen LogP contribution in [0.25, 0.3) is 28.0 Å². The highest BCUT2D eigenvalue weighted by Crippen LogP contribution is 2.45. The molecule has 2 unspecified atom stereocenters. The number of benzene rings is 1. The first kappa shape index (κ1) is 27.8. The lowest BCUT2D eigenvalue weighted by atomic mass is 9.85. The van der Waals surface area contributed by atoms with Crippen LogP contribution in [0, 0.1) is 5.82 Å². The Labute approximate surface area is 252 Å². The van der Waals surface area contributed by atoms with E-state index in [1.54, 1.807) is 36.8 Å². The third kappa shape index (κ3) is 4.61. The van der Waals surface area contributed by atoms with Crippen LogP contribution < -0.4 is 10.5 Å². The number of carbonyl (C=O) groups is 2. The Hall–Kier alpha value is -5.00. The first-order valence-corrected chi connectivity index (χ1v) is 14.7. The number of pyridine rings is 1. The van der Waals surface area contributed by atoms with Gasteiger partial charge in [0.2, 0.25) is 0 Å². The van der Waals surface area contributed by atoms with E-state index in [0.29, 0.717) is 65.1 Å². The number of piperidine rings is 1. The SMILES string of the molecule is COc1ccc(-c2ccc(-c3cnn4c(N)c(C(C)=O)c(C5CC6CCC(C5)N6C(=O)C5=NN=CCC5)nc34)cn2)cc1F. The highest BCUT2D eigenvalue weighted by Gasteiger charge is 2.46. The van der Waals surface area contributed by atoms with Gasteiger partial charge in [-0.15, -0.1) is 0 Å². The average molecular weight is 595 g/mol. The van der Waals surface area contributed by atoms with Crippen LogP contribution in [-0.4, -0.2) is 67.3 Å². The number of carbonyl (C=O) groups excluding carboxylic acids is 2. The molecule has 2 bridgehead atoms. The number of nitrogens with two attached hydrogens (primary N) is 1. The number of anilines is 1. The maximum atomic E-state index is 14.3. The maximum absolute atomic E-state index is 14.3. The Balaban J connectivity index is 1.22. The van der Waals surface area contributed by atoms with Crippen molar-refractivity contribution in [3.8, 4) is 28.1 Å². The predicted octanol–water partition coefficient (Wildman–Crippen LogP) is 4.85. The van der Waals surface area contributed by atoms with Gasteiger partial charge in [-0.2, -0.15) is 19.8 Å². The molecular formula is C32H31FN8O3. The molecular weight excluding hydrogens is 563 g/mol. The molecule has 2 saturated heterocycles.